The summed E-state index contributed by atoms with van der Waals surface area (Å²) in [6.45, 7) is 3.47. The van der Waals surface area contributed by atoms with Crippen molar-refractivity contribution in [1.82, 2.24) is 0 Å². The second kappa shape index (κ2) is 5.11. The van der Waals surface area contributed by atoms with Crippen LogP contribution in [0.25, 0.3) is 0 Å². The summed E-state index contributed by atoms with van der Waals surface area (Å²) >= 11 is 0. The van der Waals surface area contributed by atoms with Crippen molar-refractivity contribution in [2.75, 3.05) is 18.5 Å². The quantitative estimate of drug-likeness (QED) is 0.906. The second-order valence-corrected chi connectivity index (χ2v) is 5.07. The zero-order valence-corrected chi connectivity index (χ0v) is 11.3. The van der Waals surface area contributed by atoms with E-state index in [0.29, 0.717) is 19.6 Å². The molecule has 2 aliphatic heterocycles. The van der Waals surface area contributed by atoms with E-state index < -0.39 is 0 Å². The van der Waals surface area contributed by atoms with Gasteiger partial charge in [0.05, 0.1) is 18.9 Å². The molecule has 0 bridgehead atoms. The van der Waals surface area contributed by atoms with Crippen LogP contribution in [0.1, 0.15) is 37.3 Å². The van der Waals surface area contributed by atoms with Gasteiger partial charge in [0.2, 0.25) is 5.91 Å². The first-order chi connectivity index (χ1) is 9.29. The highest BCUT2D eigenvalue weighted by atomic mass is 16.5. The molecule has 2 heterocycles. The molecular weight excluding hydrogens is 242 g/mol. The fourth-order valence-corrected chi connectivity index (χ4v) is 2.66. The third kappa shape index (κ3) is 2.27. The van der Waals surface area contributed by atoms with E-state index in [0.717, 1.165) is 54.0 Å². The lowest BCUT2D eigenvalue weighted by atomic mass is 10.0. The number of nitrogens with one attached hydrogen (secondary N) is 1. The monoisotopic (exact) mass is 261 g/mol. The number of amides is 1. The Morgan fingerprint density at radius 3 is 3.00 bits per heavy atom. The minimum absolute atomic E-state index is 0.0693. The van der Waals surface area contributed by atoms with Crippen LogP contribution in [-0.2, 0) is 17.6 Å². The van der Waals surface area contributed by atoms with Crippen molar-refractivity contribution in [3.05, 3.63) is 17.2 Å². The Morgan fingerprint density at radius 1 is 1.32 bits per heavy atom. The Hall–Kier alpha value is -1.71. The van der Waals surface area contributed by atoms with Crippen LogP contribution >= 0.6 is 0 Å². The number of hydrogen-bond acceptors (Lipinski definition) is 3. The molecule has 4 nitrogen and oxygen atoms in total. The largest absolute Gasteiger partial charge is 0.493 e. The lowest BCUT2D eigenvalue weighted by Gasteiger charge is -2.13. The first kappa shape index (κ1) is 12.3. The first-order valence-electron chi connectivity index (χ1n) is 7.03. The maximum Gasteiger partial charge on any atom is 0.224 e. The molecule has 1 aromatic carbocycles. The van der Waals surface area contributed by atoms with Crippen molar-refractivity contribution in [3.8, 4) is 11.5 Å². The fourth-order valence-electron chi connectivity index (χ4n) is 2.66. The molecule has 1 amide bonds. The molecule has 0 spiro atoms. The van der Waals surface area contributed by atoms with Gasteiger partial charge in [-0.25, -0.2) is 0 Å². The molecule has 102 valence electrons. The first-order valence-corrected chi connectivity index (χ1v) is 7.03. The van der Waals surface area contributed by atoms with E-state index in [1.165, 1.54) is 0 Å². The topological polar surface area (TPSA) is 47.6 Å². The molecule has 0 saturated heterocycles. The van der Waals surface area contributed by atoms with Gasteiger partial charge in [0.25, 0.3) is 0 Å². The molecule has 1 aromatic rings. The molecule has 0 fully saturated rings. The normalized spacial score (nSPS) is 15.4. The van der Waals surface area contributed by atoms with Crippen molar-refractivity contribution in [2.45, 2.75) is 39.0 Å². The molecule has 4 heteroatoms. The van der Waals surface area contributed by atoms with Gasteiger partial charge in [-0.05, 0) is 12.5 Å². The number of anilines is 1. The summed E-state index contributed by atoms with van der Waals surface area (Å²) < 4.78 is 11.3. The van der Waals surface area contributed by atoms with Crippen molar-refractivity contribution >= 4 is 11.6 Å². The number of hydrogen-bond donors (Lipinski definition) is 1. The van der Waals surface area contributed by atoms with E-state index in [1.807, 2.05) is 0 Å². The maximum atomic E-state index is 12.0. The molecule has 0 atom stereocenters. The van der Waals surface area contributed by atoms with Crippen LogP contribution in [0.4, 0.5) is 5.69 Å². The van der Waals surface area contributed by atoms with Crippen LogP contribution < -0.4 is 14.8 Å². The zero-order valence-electron chi connectivity index (χ0n) is 11.3. The van der Waals surface area contributed by atoms with Crippen LogP contribution in [0.2, 0.25) is 0 Å². The van der Waals surface area contributed by atoms with E-state index in [-0.39, 0.29) is 5.91 Å². The highest BCUT2D eigenvalue weighted by Gasteiger charge is 2.27. The standard InChI is InChI=1S/C15H19NO3/c1-2-3-4-13(17)16-14-11-6-8-18-12(11)9-10-5-7-19-15(10)14/h9H,2-8H2,1H3,(H,16,17). The van der Waals surface area contributed by atoms with Crippen LogP contribution in [0, 0.1) is 0 Å². The Kier molecular flexibility index (Phi) is 3.32. The SMILES string of the molecule is CCCCC(=O)Nc1c2c(cc3c1OCC3)OCC2. The summed E-state index contributed by atoms with van der Waals surface area (Å²) in [5.74, 6) is 1.84. The van der Waals surface area contributed by atoms with Crippen molar-refractivity contribution in [2.24, 2.45) is 0 Å². The van der Waals surface area contributed by atoms with E-state index in [9.17, 15) is 4.79 Å². The molecule has 0 aliphatic carbocycles. The second-order valence-electron chi connectivity index (χ2n) is 5.07. The fraction of sp³-hybridized carbons (Fsp3) is 0.533. The number of unbranched alkanes of at least 4 members (excludes halogenated alkanes) is 1. The predicted molar refractivity (Wildman–Crippen MR) is 73.0 cm³/mol. The molecule has 1 N–H and O–H groups in total. The van der Waals surface area contributed by atoms with E-state index in [4.69, 9.17) is 9.47 Å². The number of ether oxygens (including phenoxy) is 2. The lowest BCUT2D eigenvalue weighted by molar-refractivity contribution is -0.116. The Bertz CT molecular complexity index is 478. The highest BCUT2D eigenvalue weighted by molar-refractivity contribution is 5.94. The number of carbonyl (C=O) groups is 1. The van der Waals surface area contributed by atoms with E-state index in [1.54, 1.807) is 0 Å². The van der Waals surface area contributed by atoms with Gasteiger partial charge < -0.3 is 14.8 Å². The lowest BCUT2D eigenvalue weighted by Crippen LogP contribution is -2.13. The Labute approximate surface area is 113 Å². The smallest absolute Gasteiger partial charge is 0.224 e. The summed E-state index contributed by atoms with van der Waals surface area (Å²) in [6, 6.07) is 2.06. The van der Waals surface area contributed by atoms with E-state index >= 15 is 0 Å². The van der Waals surface area contributed by atoms with Gasteiger partial charge in [-0.1, -0.05) is 13.3 Å². The average molecular weight is 261 g/mol. The van der Waals surface area contributed by atoms with Gasteiger partial charge in [0.15, 0.2) is 0 Å². The van der Waals surface area contributed by atoms with Crippen LogP contribution in [-0.4, -0.2) is 19.1 Å². The number of fused-ring (bicyclic) bond motifs is 2. The van der Waals surface area contributed by atoms with E-state index in [2.05, 4.69) is 18.3 Å². The third-order valence-electron chi connectivity index (χ3n) is 3.67. The summed E-state index contributed by atoms with van der Waals surface area (Å²) in [5, 5.41) is 3.03. The number of rotatable bonds is 4. The van der Waals surface area contributed by atoms with Crippen LogP contribution in [0.5, 0.6) is 11.5 Å². The molecule has 0 aromatic heterocycles. The van der Waals surface area contributed by atoms with Crippen LogP contribution in [0.15, 0.2) is 6.07 Å². The van der Waals surface area contributed by atoms with Gasteiger partial charge >= 0.3 is 0 Å². The molecular formula is C15H19NO3. The zero-order chi connectivity index (χ0) is 13.2. The average Bonchev–Trinajstić information content (AvgIpc) is 3.04. The minimum atomic E-state index is 0.0693. The Balaban J connectivity index is 1.89. The van der Waals surface area contributed by atoms with Gasteiger partial charge in [-0.2, -0.15) is 0 Å². The predicted octanol–water partition coefficient (Wildman–Crippen LogP) is 2.69. The van der Waals surface area contributed by atoms with Gasteiger partial charge in [0.1, 0.15) is 11.5 Å². The number of carbonyl (C=O) groups excluding carboxylic acids is 1. The van der Waals surface area contributed by atoms with Crippen molar-refractivity contribution < 1.29 is 14.3 Å². The molecule has 0 unspecified atom stereocenters. The highest BCUT2D eigenvalue weighted by Crippen LogP contribution is 2.44. The maximum absolute atomic E-state index is 12.0. The van der Waals surface area contributed by atoms with Crippen LogP contribution in [0.3, 0.4) is 0 Å². The van der Waals surface area contributed by atoms with Crippen molar-refractivity contribution in [3.63, 3.8) is 0 Å². The summed E-state index contributed by atoms with van der Waals surface area (Å²) in [6.07, 6.45) is 4.24. The summed E-state index contributed by atoms with van der Waals surface area (Å²) in [4.78, 5) is 12.0. The molecule has 3 rings (SSSR count). The van der Waals surface area contributed by atoms with Gasteiger partial charge in [-0.3, -0.25) is 4.79 Å². The van der Waals surface area contributed by atoms with Crippen molar-refractivity contribution in [1.29, 1.82) is 0 Å². The third-order valence-corrected chi connectivity index (χ3v) is 3.67. The molecule has 0 saturated carbocycles. The Morgan fingerprint density at radius 2 is 2.16 bits per heavy atom. The summed E-state index contributed by atoms with van der Waals surface area (Å²) in [7, 11) is 0. The molecule has 0 radical (unpaired) electrons. The number of benzene rings is 1. The van der Waals surface area contributed by atoms with Gasteiger partial charge in [-0.15, -0.1) is 0 Å². The summed E-state index contributed by atoms with van der Waals surface area (Å²) in [5.41, 5.74) is 3.08. The van der Waals surface area contributed by atoms with Gasteiger partial charge in [0, 0.05) is 30.4 Å². The minimum Gasteiger partial charge on any atom is -0.493 e. The molecule has 19 heavy (non-hydrogen) atoms. The molecule has 2 aliphatic rings.